The maximum absolute atomic E-state index is 12.8. The van der Waals surface area contributed by atoms with E-state index >= 15 is 0 Å². The second kappa shape index (κ2) is 11.3. The third kappa shape index (κ3) is 5.54. The van der Waals surface area contributed by atoms with Crippen molar-refractivity contribution in [3.63, 3.8) is 0 Å². The summed E-state index contributed by atoms with van der Waals surface area (Å²) in [6.45, 7) is 0. The van der Waals surface area contributed by atoms with Gasteiger partial charge in [0.25, 0.3) is 5.91 Å². The second-order valence-corrected chi connectivity index (χ2v) is 10.3. The van der Waals surface area contributed by atoms with Crippen molar-refractivity contribution >= 4 is 51.7 Å². The summed E-state index contributed by atoms with van der Waals surface area (Å²) in [5.41, 5.74) is 3.21. The number of nitrogens with one attached hydrogen (secondary N) is 1. The van der Waals surface area contributed by atoms with E-state index in [4.69, 9.17) is 26.2 Å². The van der Waals surface area contributed by atoms with Gasteiger partial charge in [-0.15, -0.1) is 0 Å². The molecule has 3 aromatic carbocycles. The Morgan fingerprint density at radius 1 is 1.08 bits per heavy atom. The summed E-state index contributed by atoms with van der Waals surface area (Å²) in [6, 6.07) is 22.0. The average Bonchev–Trinajstić information content (AvgIpc) is 3.53. The Kier molecular flexibility index (Phi) is 7.67. The number of hydrazone groups is 1. The third-order valence-corrected chi connectivity index (χ3v) is 7.63. The monoisotopic (exact) mass is 548 g/mol. The number of carbonyl (C=O) groups is 2. The van der Waals surface area contributed by atoms with Gasteiger partial charge in [0.05, 0.1) is 26.0 Å². The number of amides is 2. The molecule has 10 heteroatoms. The minimum Gasteiger partial charge on any atom is -0.497 e. The Hall–Kier alpha value is -3.82. The number of halogens is 1. The first kappa shape index (κ1) is 25.8. The SMILES string of the molecule is COc1ccc(OC)c(C2=NN(C3=NC(=O)[C@@H](CC(=O)Nc4ccccc4)S3)[C@H](c3ccc(Cl)cc3)C2)c1. The first-order valence-corrected chi connectivity index (χ1v) is 13.2. The molecule has 5 rings (SSSR count). The van der Waals surface area contributed by atoms with Gasteiger partial charge in [-0.2, -0.15) is 10.1 Å². The van der Waals surface area contributed by atoms with Crippen LogP contribution in [-0.4, -0.2) is 47.2 Å². The summed E-state index contributed by atoms with van der Waals surface area (Å²) in [7, 11) is 3.21. The normalized spacial score (nSPS) is 18.7. The second-order valence-electron chi connectivity index (χ2n) is 8.69. The van der Waals surface area contributed by atoms with Crippen molar-refractivity contribution in [2.24, 2.45) is 10.1 Å². The molecule has 0 bridgehead atoms. The van der Waals surface area contributed by atoms with E-state index < -0.39 is 5.25 Å². The molecule has 0 aliphatic carbocycles. The number of para-hydroxylation sites is 1. The van der Waals surface area contributed by atoms with E-state index in [0.29, 0.717) is 33.8 Å². The molecule has 8 nitrogen and oxygen atoms in total. The fourth-order valence-corrected chi connectivity index (χ4v) is 5.53. The number of anilines is 1. The van der Waals surface area contributed by atoms with Crippen molar-refractivity contribution in [2.75, 3.05) is 19.5 Å². The molecule has 38 heavy (non-hydrogen) atoms. The fourth-order valence-electron chi connectivity index (χ4n) is 4.34. The lowest BCUT2D eigenvalue weighted by Gasteiger charge is -2.23. The lowest BCUT2D eigenvalue weighted by molar-refractivity contribution is -0.121. The predicted molar refractivity (Wildman–Crippen MR) is 150 cm³/mol. The van der Waals surface area contributed by atoms with Gasteiger partial charge in [0, 0.05) is 29.1 Å². The van der Waals surface area contributed by atoms with Gasteiger partial charge < -0.3 is 14.8 Å². The van der Waals surface area contributed by atoms with Crippen LogP contribution in [0.15, 0.2) is 82.9 Å². The number of ether oxygens (including phenoxy) is 2. The number of aliphatic imine (C=N–C) groups is 1. The maximum Gasteiger partial charge on any atom is 0.262 e. The molecule has 194 valence electrons. The van der Waals surface area contributed by atoms with Crippen LogP contribution in [0.2, 0.25) is 5.02 Å². The minimum absolute atomic E-state index is 0.00508. The van der Waals surface area contributed by atoms with E-state index in [1.807, 2.05) is 60.7 Å². The highest BCUT2D eigenvalue weighted by Gasteiger charge is 2.39. The standard InChI is InChI=1S/C28H25ClN4O4S/c1-36-20-12-13-24(37-2)21(14-20)22-15-23(17-8-10-18(29)11-9-17)33(32-22)28-31-27(35)25(38-28)16-26(34)30-19-6-4-3-5-7-19/h3-14,23,25H,15-16H2,1-2H3,(H,30,34)/t23-,25+/m0/s1. The smallest absolute Gasteiger partial charge is 0.262 e. The van der Waals surface area contributed by atoms with Crippen LogP contribution < -0.4 is 14.8 Å². The van der Waals surface area contributed by atoms with E-state index in [1.54, 1.807) is 31.4 Å². The van der Waals surface area contributed by atoms with Crippen molar-refractivity contribution in [2.45, 2.75) is 24.1 Å². The summed E-state index contributed by atoms with van der Waals surface area (Å²) in [6.07, 6.45) is 0.545. The minimum atomic E-state index is -0.634. The van der Waals surface area contributed by atoms with E-state index in [1.165, 1.54) is 11.8 Å². The summed E-state index contributed by atoms with van der Waals surface area (Å²) in [5.74, 6) is 0.733. The Morgan fingerprint density at radius 3 is 2.55 bits per heavy atom. The molecule has 2 amide bonds. The highest BCUT2D eigenvalue weighted by atomic mass is 35.5. The largest absolute Gasteiger partial charge is 0.497 e. The molecule has 0 saturated carbocycles. The lowest BCUT2D eigenvalue weighted by atomic mass is 9.98. The number of hydrogen-bond acceptors (Lipinski definition) is 7. The first-order chi connectivity index (χ1) is 18.4. The van der Waals surface area contributed by atoms with Crippen molar-refractivity contribution in [1.82, 2.24) is 5.01 Å². The van der Waals surface area contributed by atoms with Crippen molar-refractivity contribution in [3.05, 3.63) is 88.9 Å². The molecule has 2 aliphatic rings. The number of methoxy groups -OCH3 is 2. The number of hydrogen-bond donors (Lipinski definition) is 1. The van der Waals surface area contributed by atoms with Crippen molar-refractivity contribution in [1.29, 1.82) is 0 Å². The molecule has 0 saturated heterocycles. The summed E-state index contributed by atoms with van der Waals surface area (Å²) >= 11 is 7.39. The summed E-state index contributed by atoms with van der Waals surface area (Å²) in [5, 5.41) is 9.93. The highest BCUT2D eigenvalue weighted by molar-refractivity contribution is 8.15. The van der Waals surface area contributed by atoms with Gasteiger partial charge in [-0.05, 0) is 48.0 Å². The van der Waals surface area contributed by atoms with Gasteiger partial charge in [-0.25, -0.2) is 5.01 Å². The Labute approximate surface area is 229 Å². The van der Waals surface area contributed by atoms with Crippen LogP contribution in [-0.2, 0) is 9.59 Å². The Morgan fingerprint density at radius 2 is 1.84 bits per heavy atom. The molecular formula is C28H25ClN4O4S. The molecule has 0 radical (unpaired) electrons. The molecular weight excluding hydrogens is 524 g/mol. The van der Waals surface area contributed by atoms with Gasteiger partial charge in [0.1, 0.15) is 16.7 Å². The van der Waals surface area contributed by atoms with Gasteiger partial charge in [-0.3, -0.25) is 9.59 Å². The predicted octanol–water partition coefficient (Wildman–Crippen LogP) is 5.54. The van der Waals surface area contributed by atoms with Gasteiger partial charge in [-0.1, -0.05) is 53.7 Å². The zero-order chi connectivity index (χ0) is 26.6. The quantitative estimate of drug-likeness (QED) is 0.417. The summed E-state index contributed by atoms with van der Waals surface area (Å²) < 4.78 is 11.0. The van der Waals surface area contributed by atoms with E-state index in [0.717, 1.165) is 16.8 Å². The van der Waals surface area contributed by atoms with Crippen LogP contribution >= 0.6 is 23.4 Å². The molecule has 0 aromatic heterocycles. The number of rotatable bonds is 7. The van der Waals surface area contributed by atoms with Gasteiger partial charge in [0.15, 0.2) is 5.17 Å². The summed E-state index contributed by atoms with van der Waals surface area (Å²) in [4.78, 5) is 29.8. The molecule has 2 heterocycles. The van der Waals surface area contributed by atoms with Crippen molar-refractivity contribution in [3.8, 4) is 11.5 Å². The van der Waals surface area contributed by atoms with Crippen LogP contribution in [0, 0.1) is 0 Å². The third-order valence-electron chi connectivity index (χ3n) is 6.24. The first-order valence-electron chi connectivity index (χ1n) is 11.9. The number of benzene rings is 3. The molecule has 0 fully saturated rings. The zero-order valence-corrected chi connectivity index (χ0v) is 22.3. The Bertz CT molecular complexity index is 1410. The van der Waals surface area contributed by atoms with Gasteiger partial charge in [0.2, 0.25) is 5.91 Å². The van der Waals surface area contributed by atoms with E-state index in [9.17, 15) is 9.59 Å². The molecule has 2 atom stereocenters. The fraction of sp³-hybridized carbons (Fsp3) is 0.214. The van der Waals surface area contributed by atoms with Crippen molar-refractivity contribution < 1.29 is 19.1 Å². The molecule has 1 N–H and O–H groups in total. The van der Waals surface area contributed by atoms with Crippen LogP contribution in [0.25, 0.3) is 0 Å². The van der Waals surface area contributed by atoms with Gasteiger partial charge >= 0.3 is 0 Å². The van der Waals surface area contributed by atoms with Crippen LogP contribution in [0.3, 0.4) is 0 Å². The maximum atomic E-state index is 12.8. The number of thioether (sulfide) groups is 1. The number of nitrogens with zero attached hydrogens (tertiary/aromatic N) is 3. The molecule has 3 aromatic rings. The molecule has 2 aliphatic heterocycles. The average molecular weight is 549 g/mol. The lowest BCUT2D eigenvalue weighted by Crippen LogP contribution is -2.25. The zero-order valence-electron chi connectivity index (χ0n) is 20.8. The number of amidine groups is 1. The Balaban J connectivity index is 1.41. The van der Waals surface area contributed by atoms with E-state index in [2.05, 4.69) is 10.3 Å². The molecule has 0 unspecified atom stereocenters. The van der Waals surface area contributed by atoms with Crippen LogP contribution in [0.5, 0.6) is 11.5 Å². The number of carbonyl (C=O) groups excluding carboxylic acids is 2. The highest BCUT2D eigenvalue weighted by Crippen LogP contribution is 2.40. The van der Waals surface area contributed by atoms with Crippen LogP contribution in [0.1, 0.15) is 30.0 Å². The topological polar surface area (TPSA) is 92.6 Å². The molecule has 0 spiro atoms. The van der Waals surface area contributed by atoms with Crippen LogP contribution in [0.4, 0.5) is 5.69 Å². The van der Waals surface area contributed by atoms with E-state index in [-0.39, 0.29) is 24.3 Å².